The van der Waals surface area contributed by atoms with Gasteiger partial charge >= 0.3 is 0 Å². The number of hydrogen-bond acceptors (Lipinski definition) is 2. The molecule has 4 heteroatoms. The van der Waals surface area contributed by atoms with Crippen LogP contribution in [0.15, 0.2) is 48.5 Å². The van der Waals surface area contributed by atoms with E-state index in [4.69, 9.17) is 9.38 Å². The van der Waals surface area contributed by atoms with Gasteiger partial charge in [-0.15, -0.1) is 0 Å². The third-order valence-electron chi connectivity index (χ3n) is 6.48. The van der Waals surface area contributed by atoms with Crippen LogP contribution in [0.5, 0.6) is 0 Å². The second-order valence-corrected chi connectivity index (χ2v) is 17.2. The van der Waals surface area contributed by atoms with Crippen molar-refractivity contribution in [3.8, 4) is 17.2 Å². The van der Waals surface area contributed by atoms with Gasteiger partial charge in [0, 0.05) is 0 Å². The highest BCUT2D eigenvalue weighted by Gasteiger charge is 2.40. The summed E-state index contributed by atoms with van der Waals surface area (Å²) < 4.78 is 7.16. The Bertz CT molecular complexity index is 761. The topological polar surface area (TPSA) is 33.0 Å². The van der Waals surface area contributed by atoms with Gasteiger partial charge in [0.1, 0.15) is 0 Å². The molecule has 2 rings (SSSR count). The van der Waals surface area contributed by atoms with Gasteiger partial charge in [-0.1, -0.05) is 71.0 Å². The third kappa shape index (κ3) is 5.22. The molecule has 150 valence electrons. The second kappa shape index (κ2) is 10.2. The largest absolute Gasteiger partial charge is 0.455 e. The highest BCUT2D eigenvalue weighted by molar-refractivity contribution is 6.86. The Hall–Kier alpha value is -1.68. The minimum atomic E-state index is -1.77. The molecule has 0 unspecified atom stereocenters. The minimum Gasteiger partial charge on any atom is -0.455 e. The molecule has 2 aromatic carbocycles. The average molecular weight is 410 g/mol. The summed E-state index contributed by atoms with van der Waals surface area (Å²) in [5, 5.41) is 8.97. The van der Waals surface area contributed by atoms with Gasteiger partial charge in [-0.25, -0.2) is 0 Å². The number of nitrogens with zero attached hydrogens (tertiary/aromatic N) is 1. The summed E-state index contributed by atoms with van der Waals surface area (Å²) >= 11 is 0. The van der Waals surface area contributed by atoms with Crippen LogP contribution < -0.4 is 0 Å². The number of benzene rings is 2. The van der Waals surface area contributed by atoms with Gasteiger partial charge < -0.3 is 4.12 Å². The van der Waals surface area contributed by atoms with Crippen molar-refractivity contribution in [2.45, 2.75) is 70.9 Å². The van der Waals surface area contributed by atoms with Crippen molar-refractivity contribution in [2.75, 3.05) is 0 Å². The molecule has 0 atom stereocenters. The molecule has 0 aliphatic rings. The van der Waals surface area contributed by atoms with Crippen molar-refractivity contribution in [3.63, 3.8) is 0 Å². The van der Waals surface area contributed by atoms with E-state index in [0.717, 1.165) is 11.6 Å². The highest BCUT2D eigenvalue weighted by atomic mass is 28.4. The van der Waals surface area contributed by atoms with E-state index in [2.05, 4.69) is 65.0 Å². The molecule has 0 fully saturated rings. The normalized spacial score (nSPS) is 12.0. The van der Waals surface area contributed by atoms with Gasteiger partial charge in [-0.3, -0.25) is 0 Å². The lowest BCUT2D eigenvalue weighted by atomic mass is 10.0. The minimum absolute atomic E-state index is 0.703. The van der Waals surface area contributed by atoms with E-state index in [1.165, 1.54) is 41.3 Å². The molecule has 2 nitrogen and oxygen atoms in total. The predicted octanol–water partition coefficient (Wildman–Crippen LogP) is 7.31. The fourth-order valence-corrected chi connectivity index (χ4v) is 14.4. The van der Waals surface area contributed by atoms with Gasteiger partial charge in [-0.05, 0) is 65.1 Å². The first-order valence-electron chi connectivity index (χ1n) is 10.8. The predicted molar refractivity (Wildman–Crippen MR) is 125 cm³/mol. The number of nitriles is 1. The molecular weight excluding hydrogens is 374 g/mol. The Balaban J connectivity index is 2.22. The van der Waals surface area contributed by atoms with Crippen LogP contribution in [0.4, 0.5) is 0 Å². The van der Waals surface area contributed by atoms with E-state index < -0.39 is 16.6 Å². The summed E-state index contributed by atoms with van der Waals surface area (Å²) in [7, 11) is -3.35. The van der Waals surface area contributed by atoms with Crippen molar-refractivity contribution in [3.05, 3.63) is 59.7 Å². The zero-order chi connectivity index (χ0) is 20.6. The van der Waals surface area contributed by atoms with Crippen LogP contribution in [0.1, 0.15) is 45.7 Å². The fraction of sp³-hybridized carbons (Fsp3) is 0.458. The zero-order valence-corrected chi connectivity index (χ0v) is 20.2. The van der Waals surface area contributed by atoms with Crippen LogP contribution in [0.3, 0.4) is 0 Å². The lowest BCUT2D eigenvalue weighted by Crippen LogP contribution is -2.51. The molecule has 28 heavy (non-hydrogen) atoms. The van der Waals surface area contributed by atoms with Gasteiger partial charge in [0.25, 0.3) is 0 Å². The number of rotatable bonds is 10. The monoisotopic (exact) mass is 409 g/mol. The molecule has 0 aliphatic heterocycles. The maximum absolute atomic E-state index is 8.97. The molecule has 0 amide bonds. The van der Waals surface area contributed by atoms with Crippen molar-refractivity contribution in [1.29, 1.82) is 5.26 Å². The molecule has 0 saturated heterocycles. The molecule has 0 radical (unpaired) electrons. The van der Waals surface area contributed by atoms with Crippen LogP contribution in [0, 0.1) is 11.3 Å². The van der Waals surface area contributed by atoms with E-state index in [1.807, 2.05) is 24.3 Å². The van der Waals surface area contributed by atoms with Gasteiger partial charge in [0.15, 0.2) is 16.6 Å². The van der Waals surface area contributed by atoms with Crippen LogP contribution in [-0.4, -0.2) is 16.6 Å². The Kier molecular flexibility index (Phi) is 8.24. The van der Waals surface area contributed by atoms with E-state index >= 15 is 0 Å². The van der Waals surface area contributed by atoms with E-state index in [9.17, 15) is 0 Å². The quantitative estimate of drug-likeness (QED) is 0.385. The Morgan fingerprint density at radius 1 is 0.679 bits per heavy atom. The van der Waals surface area contributed by atoms with Crippen molar-refractivity contribution < 1.29 is 4.12 Å². The maximum Gasteiger partial charge on any atom is 0.183 e. The van der Waals surface area contributed by atoms with E-state index in [0.29, 0.717) is 5.56 Å². The fourth-order valence-electron chi connectivity index (χ4n) is 4.03. The van der Waals surface area contributed by atoms with Crippen molar-refractivity contribution in [2.24, 2.45) is 0 Å². The molecule has 0 N–H and O–H groups in total. The molecule has 0 aliphatic carbocycles. The highest BCUT2D eigenvalue weighted by Crippen LogP contribution is 2.32. The summed E-state index contributed by atoms with van der Waals surface area (Å²) in [6.45, 7) is 11.7. The Morgan fingerprint density at radius 2 is 1.11 bits per heavy atom. The van der Waals surface area contributed by atoms with E-state index in [1.54, 1.807) is 0 Å². The number of hydrogen-bond donors (Lipinski definition) is 0. The Labute approximate surface area is 173 Å². The summed E-state index contributed by atoms with van der Waals surface area (Å²) in [4.78, 5) is 0. The van der Waals surface area contributed by atoms with Gasteiger partial charge in [0.05, 0.1) is 11.6 Å². The summed E-state index contributed by atoms with van der Waals surface area (Å²) in [5.41, 5.74) is 4.47. The van der Waals surface area contributed by atoms with Crippen molar-refractivity contribution >= 4 is 16.6 Å². The summed E-state index contributed by atoms with van der Waals surface area (Å²) in [6.07, 6.45) is 0. The molecule has 0 aromatic heterocycles. The molecular formula is C24H35NOSi2. The zero-order valence-electron chi connectivity index (χ0n) is 18.2. The summed E-state index contributed by atoms with van der Waals surface area (Å²) in [6, 6.07) is 26.2. The molecule has 0 spiro atoms. The molecule has 0 saturated carbocycles. The lowest BCUT2D eigenvalue weighted by molar-refractivity contribution is 0.506. The van der Waals surface area contributed by atoms with Crippen LogP contribution in [0.2, 0.25) is 30.2 Å². The third-order valence-corrected chi connectivity index (χ3v) is 17.4. The van der Waals surface area contributed by atoms with Crippen LogP contribution in [-0.2, 0) is 10.2 Å². The maximum atomic E-state index is 8.97. The van der Waals surface area contributed by atoms with Crippen LogP contribution in [0.25, 0.3) is 11.1 Å². The Morgan fingerprint density at radius 3 is 1.50 bits per heavy atom. The molecule has 0 bridgehead atoms. The molecule has 0 heterocycles. The smallest absolute Gasteiger partial charge is 0.183 e. The van der Waals surface area contributed by atoms with Crippen molar-refractivity contribution in [1.82, 2.24) is 0 Å². The SMILES string of the molecule is CC[Si](CC)(CC)O[Si](CC)(CC)Cc1ccc(-c2ccc(C#N)cc2)cc1. The standard InChI is InChI=1S/C24H35NOSi2/c1-6-27(7-2,8-3)26-28(9-4,10-5)20-22-13-17-24(18-14-22)23-15-11-21(19-25)12-16-23/h11-18H,6-10,20H2,1-5H3. The first-order chi connectivity index (χ1) is 13.5. The molecule has 2 aromatic rings. The van der Waals surface area contributed by atoms with E-state index in [-0.39, 0.29) is 0 Å². The first-order valence-corrected chi connectivity index (χ1v) is 15.8. The first kappa shape index (κ1) is 22.6. The lowest BCUT2D eigenvalue weighted by Gasteiger charge is -2.41. The van der Waals surface area contributed by atoms with Gasteiger partial charge in [-0.2, -0.15) is 5.26 Å². The summed E-state index contributed by atoms with van der Waals surface area (Å²) in [5.74, 6) is 0. The van der Waals surface area contributed by atoms with Gasteiger partial charge in [0.2, 0.25) is 0 Å². The average Bonchev–Trinajstić information content (AvgIpc) is 2.77. The second-order valence-electron chi connectivity index (χ2n) is 7.80. The van der Waals surface area contributed by atoms with Crippen LogP contribution >= 0.6 is 0 Å².